The van der Waals surface area contributed by atoms with Gasteiger partial charge in [0, 0.05) is 11.1 Å². The van der Waals surface area contributed by atoms with Crippen LogP contribution in [0, 0.1) is 6.92 Å². The maximum atomic E-state index is 12.4. The molecule has 0 heterocycles. The zero-order chi connectivity index (χ0) is 22.3. The lowest BCUT2D eigenvalue weighted by Gasteiger charge is -2.15. The van der Waals surface area contributed by atoms with E-state index in [1.54, 1.807) is 24.3 Å². The highest BCUT2D eigenvalue weighted by molar-refractivity contribution is 6.01. The molecule has 0 unspecified atom stereocenters. The summed E-state index contributed by atoms with van der Waals surface area (Å²) in [6.45, 7) is 3.00. The number of hydrogen-bond acceptors (Lipinski definition) is 7. The summed E-state index contributed by atoms with van der Waals surface area (Å²) in [6, 6.07) is 9.89. The van der Waals surface area contributed by atoms with Gasteiger partial charge in [-0.25, -0.2) is 0 Å². The third-order valence-corrected chi connectivity index (χ3v) is 4.33. The second-order valence-corrected chi connectivity index (χ2v) is 6.46. The van der Waals surface area contributed by atoms with Crippen molar-refractivity contribution in [1.29, 1.82) is 0 Å². The van der Waals surface area contributed by atoms with Crippen LogP contribution < -0.4 is 19.5 Å². The standard InChI is InChI=1S/C22H25NO7/c1-13-6-8-15(9-7-13)20(25)14(2)30-19(24)12-23-22(26)16-10-17(27-3)21(29-5)18(11-16)28-4/h6-11,14H,12H2,1-5H3,(H,23,26)/t14-/m0/s1. The summed E-state index contributed by atoms with van der Waals surface area (Å²) in [5, 5.41) is 2.45. The molecular formula is C22H25NO7. The van der Waals surface area contributed by atoms with Crippen LogP contribution in [0.2, 0.25) is 0 Å². The van der Waals surface area contributed by atoms with Gasteiger partial charge in [0.05, 0.1) is 21.3 Å². The van der Waals surface area contributed by atoms with Crippen LogP contribution in [0.1, 0.15) is 33.2 Å². The van der Waals surface area contributed by atoms with Crippen LogP contribution in [0.4, 0.5) is 0 Å². The topological polar surface area (TPSA) is 100 Å². The molecule has 1 amide bonds. The average molecular weight is 415 g/mol. The SMILES string of the molecule is COc1cc(C(=O)NCC(=O)O[C@@H](C)C(=O)c2ccc(C)cc2)cc(OC)c1OC. The Bertz CT molecular complexity index is 897. The number of carbonyl (C=O) groups is 3. The van der Waals surface area contributed by atoms with E-state index in [4.69, 9.17) is 18.9 Å². The van der Waals surface area contributed by atoms with Crippen molar-refractivity contribution in [3.8, 4) is 17.2 Å². The van der Waals surface area contributed by atoms with E-state index in [1.807, 2.05) is 6.92 Å². The van der Waals surface area contributed by atoms with E-state index < -0.39 is 24.5 Å². The van der Waals surface area contributed by atoms with Gasteiger partial charge in [0.1, 0.15) is 6.54 Å². The monoisotopic (exact) mass is 415 g/mol. The molecule has 0 aliphatic rings. The van der Waals surface area contributed by atoms with E-state index in [0.717, 1.165) is 5.56 Å². The van der Waals surface area contributed by atoms with Crippen LogP contribution in [0.15, 0.2) is 36.4 Å². The Hall–Kier alpha value is -3.55. The number of ketones is 1. The van der Waals surface area contributed by atoms with E-state index in [-0.39, 0.29) is 11.3 Å². The Morgan fingerprint density at radius 2 is 1.47 bits per heavy atom. The van der Waals surface area contributed by atoms with Gasteiger partial charge in [0.2, 0.25) is 11.5 Å². The number of benzene rings is 2. The number of amides is 1. The van der Waals surface area contributed by atoms with E-state index >= 15 is 0 Å². The first kappa shape index (κ1) is 22.7. The van der Waals surface area contributed by atoms with Crippen LogP contribution >= 0.6 is 0 Å². The molecule has 0 bridgehead atoms. The minimum Gasteiger partial charge on any atom is -0.493 e. The maximum absolute atomic E-state index is 12.4. The Morgan fingerprint density at radius 1 is 0.900 bits per heavy atom. The third kappa shape index (κ3) is 5.50. The molecule has 2 aromatic rings. The van der Waals surface area contributed by atoms with Crippen molar-refractivity contribution >= 4 is 17.7 Å². The molecule has 1 atom stereocenters. The van der Waals surface area contributed by atoms with Gasteiger partial charge in [-0.1, -0.05) is 29.8 Å². The molecule has 2 aromatic carbocycles. The molecule has 0 aliphatic heterocycles. The van der Waals surface area contributed by atoms with Crippen molar-refractivity contribution in [2.75, 3.05) is 27.9 Å². The van der Waals surface area contributed by atoms with Crippen LogP contribution in [0.5, 0.6) is 17.2 Å². The molecule has 0 radical (unpaired) electrons. The fourth-order valence-electron chi connectivity index (χ4n) is 2.71. The molecule has 8 nitrogen and oxygen atoms in total. The molecule has 1 N–H and O–H groups in total. The van der Waals surface area contributed by atoms with Crippen LogP contribution in [0.3, 0.4) is 0 Å². The highest BCUT2D eigenvalue weighted by Gasteiger charge is 2.21. The smallest absolute Gasteiger partial charge is 0.326 e. The van der Waals surface area contributed by atoms with Gasteiger partial charge in [-0.05, 0) is 26.0 Å². The van der Waals surface area contributed by atoms with Gasteiger partial charge in [0.25, 0.3) is 5.91 Å². The summed E-state index contributed by atoms with van der Waals surface area (Å²) in [4.78, 5) is 36.8. The van der Waals surface area contributed by atoms with Crippen molar-refractivity contribution in [2.45, 2.75) is 20.0 Å². The predicted molar refractivity (Wildman–Crippen MR) is 109 cm³/mol. The number of ether oxygens (including phenoxy) is 4. The summed E-state index contributed by atoms with van der Waals surface area (Å²) in [7, 11) is 4.32. The summed E-state index contributed by atoms with van der Waals surface area (Å²) >= 11 is 0. The largest absolute Gasteiger partial charge is 0.493 e. The van der Waals surface area contributed by atoms with Crippen LogP contribution in [0.25, 0.3) is 0 Å². The van der Waals surface area contributed by atoms with Gasteiger partial charge >= 0.3 is 5.97 Å². The number of nitrogens with one attached hydrogen (secondary N) is 1. The number of carbonyl (C=O) groups excluding carboxylic acids is 3. The molecule has 30 heavy (non-hydrogen) atoms. The zero-order valence-corrected chi connectivity index (χ0v) is 17.6. The van der Waals surface area contributed by atoms with Crippen molar-refractivity contribution in [3.05, 3.63) is 53.1 Å². The number of rotatable bonds is 9. The van der Waals surface area contributed by atoms with E-state index in [1.165, 1.54) is 40.4 Å². The molecule has 2 rings (SSSR count). The summed E-state index contributed by atoms with van der Waals surface area (Å²) in [5.41, 5.74) is 1.68. The lowest BCUT2D eigenvalue weighted by molar-refractivity contribution is -0.145. The van der Waals surface area contributed by atoms with Crippen LogP contribution in [-0.4, -0.2) is 51.6 Å². The molecule has 0 fully saturated rings. The summed E-state index contributed by atoms with van der Waals surface area (Å²) in [5.74, 6) is -0.630. The predicted octanol–water partition coefficient (Wildman–Crippen LogP) is 2.57. The normalized spacial score (nSPS) is 11.2. The first-order chi connectivity index (χ1) is 14.3. The second kappa shape index (κ2) is 10.3. The third-order valence-electron chi connectivity index (χ3n) is 4.33. The Kier molecular flexibility index (Phi) is 7.80. The molecule has 0 spiro atoms. The van der Waals surface area contributed by atoms with E-state index in [9.17, 15) is 14.4 Å². The molecule has 0 saturated carbocycles. The van der Waals surface area contributed by atoms with Gasteiger partial charge < -0.3 is 24.3 Å². The number of aryl methyl sites for hydroxylation is 1. The maximum Gasteiger partial charge on any atom is 0.326 e. The number of esters is 1. The second-order valence-electron chi connectivity index (χ2n) is 6.46. The quantitative estimate of drug-likeness (QED) is 0.496. The van der Waals surface area contributed by atoms with Crippen molar-refractivity contribution in [1.82, 2.24) is 5.32 Å². The lowest BCUT2D eigenvalue weighted by Crippen LogP contribution is -2.34. The highest BCUT2D eigenvalue weighted by atomic mass is 16.5. The molecule has 0 aromatic heterocycles. The zero-order valence-electron chi connectivity index (χ0n) is 17.6. The lowest BCUT2D eigenvalue weighted by atomic mass is 10.1. The van der Waals surface area contributed by atoms with E-state index in [2.05, 4.69) is 5.32 Å². The molecule has 0 saturated heterocycles. The van der Waals surface area contributed by atoms with Gasteiger partial charge in [-0.2, -0.15) is 0 Å². The Morgan fingerprint density at radius 3 is 1.97 bits per heavy atom. The molecule has 0 aliphatic carbocycles. The van der Waals surface area contributed by atoms with Crippen LogP contribution in [-0.2, 0) is 9.53 Å². The summed E-state index contributed by atoms with van der Waals surface area (Å²) in [6.07, 6.45) is -0.974. The van der Waals surface area contributed by atoms with Gasteiger partial charge in [0.15, 0.2) is 17.6 Å². The Balaban J connectivity index is 1.98. The fraction of sp³-hybridized carbons (Fsp3) is 0.318. The molecular weight excluding hydrogens is 390 g/mol. The van der Waals surface area contributed by atoms with Crippen molar-refractivity contribution < 1.29 is 33.3 Å². The average Bonchev–Trinajstić information content (AvgIpc) is 2.76. The summed E-state index contributed by atoms with van der Waals surface area (Å²) < 4.78 is 20.8. The first-order valence-electron chi connectivity index (χ1n) is 9.19. The van der Waals surface area contributed by atoms with E-state index in [0.29, 0.717) is 22.8 Å². The minimum absolute atomic E-state index is 0.209. The highest BCUT2D eigenvalue weighted by Crippen LogP contribution is 2.38. The molecule has 8 heteroatoms. The van der Waals surface area contributed by atoms with Gasteiger partial charge in [-0.3, -0.25) is 14.4 Å². The number of methoxy groups -OCH3 is 3. The Labute approximate surface area is 175 Å². The minimum atomic E-state index is -0.974. The number of Topliss-reactive ketones (excluding diaryl/α,β-unsaturated/α-hetero) is 1. The fourth-order valence-corrected chi connectivity index (χ4v) is 2.71. The van der Waals surface area contributed by atoms with Crippen molar-refractivity contribution in [2.24, 2.45) is 0 Å². The molecule has 160 valence electrons. The van der Waals surface area contributed by atoms with Gasteiger partial charge in [-0.15, -0.1) is 0 Å². The van der Waals surface area contributed by atoms with Crippen molar-refractivity contribution in [3.63, 3.8) is 0 Å². The number of hydrogen-bond donors (Lipinski definition) is 1. The first-order valence-corrected chi connectivity index (χ1v) is 9.19.